The second kappa shape index (κ2) is 5.77. The zero-order valence-electron chi connectivity index (χ0n) is 12.0. The number of anilines is 1. The molecule has 112 valence electrons. The Morgan fingerprint density at radius 3 is 3.05 bits per heavy atom. The molecule has 3 rings (SSSR count). The summed E-state index contributed by atoms with van der Waals surface area (Å²) in [4.78, 5) is 17.8. The summed E-state index contributed by atoms with van der Waals surface area (Å²) in [5.74, 6) is -0.0206. The molecule has 0 bridgehead atoms. The number of nitrogen functional groups attached to an aromatic ring is 1. The van der Waals surface area contributed by atoms with E-state index in [1.54, 1.807) is 6.20 Å². The minimum Gasteiger partial charge on any atom is -0.399 e. The molecule has 1 fully saturated rings. The van der Waals surface area contributed by atoms with Gasteiger partial charge in [0.25, 0.3) is 5.91 Å². The minimum absolute atomic E-state index is 0.0206. The summed E-state index contributed by atoms with van der Waals surface area (Å²) >= 11 is 0. The Bertz CT molecular complexity index is 650. The Labute approximate surface area is 123 Å². The van der Waals surface area contributed by atoms with E-state index in [1.807, 2.05) is 23.1 Å². The number of likely N-dealkylation sites (tertiary alicyclic amines) is 1. The lowest BCUT2D eigenvalue weighted by Gasteiger charge is -2.28. The third-order valence-electron chi connectivity index (χ3n) is 4.28. The van der Waals surface area contributed by atoms with Crippen LogP contribution in [0.4, 0.5) is 5.69 Å². The quantitative estimate of drug-likeness (QED) is 0.740. The van der Waals surface area contributed by atoms with Crippen molar-refractivity contribution in [2.75, 3.05) is 18.9 Å². The number of fused-ring (bicyclic) bond motifs is 1. The molecule has 1 aromatic heterocycles. The number of aliphatic hydroxyl groups is 1. The highest BCUT2D eigenvalue weighted by Crippen LogP contribution is 2.25. The van der Waals surface area contributed by atoms with Gasteiger partial charge in [0.05, 0.1) is 18.2 Å². The van der Waals surface area contributed by atoms with Crippen molar-refractivity contribution in [3.63, 3.8) is 0 Å². The third kappa shape index (κ3) is 2.61. The number of hydrogen-bond acceptors (Lipinski definition) is 3. The van der Waals surface area contributed by atoms with Crippen LogP contribution in [-0.2, 0) is 0 Å². The number of nitrogens with two attached hydrogens (primary N) is 1. The van der Waals surface area contributed by atoms with Crippen molar-refractivity contribution in [1.29, 1.82) is 0 Å². The van der Waals surface area contributed by atoms with Crippen molar-refractivity contribution in [1.82, 2.24) is 9.88 Å². The minimum atomic E-state index is -0.0778. The second-order valence-electron chi connectivity index (χ2n) is 5.69. The Morgan fingerprint density at radius 1 is 1.38 bits per heavy atom. The number of aromatic amines is 1. The topological polar surface area (TPSA) is 82.4 Å². The largest absolute Gasteiger partial charge is 0.399 e. The van der Waals surface area contributed by atoms with Crippen LogP contribution in [0.1, 0.15) is 36.0 Å². The molecule has 1 atom stereocenters. The van der Waals surface area contributed by atoms with Gasteiger partial charge < -0.3 is 20.7 Å². The molecule has 5 nitrogen and oxygen atoms in total. The highest BCUT2D eigenvalue weighted by molar-refractivity contribution is 6.07. The lowest BCUT2D eigenvalue weighted by molar-refractivity contribution is 0.0602. The lowest BCUT2D eigenvalue weighted by atomic mass is 10.1. The molecule has 5 heteroatoms. The molecule has 1 aliphatic rings. The van der Waals surface area contributed by atoms with Crippen molar-refractivity contribution in [2.45, 2.75) is 31.7 Å². The third-order valence-corrected chi connectivity index (χ3v) is 4.28. The molecule has 0 saturated carbocycles. The molecule has 2 aromatic rings. The van der Waals surface area contributed by atoms with Crippen LogP contribution in [0, 0.1) is 0 Å². The van der Waals surface area contributed by atoms with E-state index >= 15 is 0 Å². The molecule has 0 spiro atoms. The molecule has 4 N–H and O–H groups in total. The van der Waals surface area contributed by atoms with E-state index in [-0.39, 0.29) is 18.6 Å². The zero-order valence-corrected chi connectivity index (χ0v) is 12.0. The summed E-state index contributed by atoms with van der Waals surface area (Å²) in [6, 6.07) is 5.44. The Balaban J connectivity index is 1.96. The molecular formula is C16H21N3O2. The van der Waals surface area contributed by atoms with Gasteiger partial charge >= 0.3 is 0 Å². The van der Waals surface area contributed by atoms with E-state index in [4.69, 9.17) is 5.73 Å². The van der Waals surface area contributed by atoms with Gasteiger partial charge in [-0.05, 0) is 31.0 Å². The van der Waals surface area contributed by atoms with Crippen molar-refractivity contribution >= 4 is 22.5 Å². The second-order valence-corrected chi connectivity index (χ2v) is 5.69. The normalized spacial score (nSPS) is 19.7. The molecule has 0 radical (unpaired) electrons. The maximum atomic E-state index is 12.9. The number of hydrogen-bond donors (Lipinski definition) is 3. The SMILES string of the molecule is Nc1ccc2[nH]cc(C(=O)N3CCCCCC3CO)c2c1. The average Bonchev–Trinajstić information content (AvgIpc) is 2.75. The van der Waals surface area contributed by atoms with Gasteiger partial charge in [0.2, 0.25) is 0 Å². The first-order valence-corrected chi connectivity index (χ1v) is 7.49. The zero-order chi connectivity index (χ0) is 14.8. The highest BCUT2D eigenvalue weighted by Gasteiger charge is 2.27. The van der Waals surface area contributed by atoms with Crippen LogP contribution in [-0.4, -0.2) is 40.1 Å². The van der Waals surface area contributed by atoms with Crippen LogP contribution in [0.25, 0.3) is 10.9 Å². The number of benzene rings is 1. The number of aliphatic hydroxyl groups excluding tert-OH is 1. The van der Waals surface area contributed by atoms with E-state index in [9.17, 15) is 9.90 Å². The van der Waals surface area contributed by atoms with Gasteiger partial charge in [-0.15, -0.1) is 0 Å². The number of H-pyrrole nitrogens is 1. The van der Waals surface area contributed by atoms with E-state index < -0.39 is 0 Å². The summed E-state index contributed by atoms with van der Waals surface area (Å²) < 4.78 is 0. The first-order valence-electron chi connectivity index (χ1n) is 7.49. The Kier molecular flexibility index (Phi) is 3.84. The number of carbonyl (C=O) groups excluding carboxylic acids is 1. The summed E-state index contributed by atoms with van der Waals surface area (Å²) in [6.07, 6.45) is 5.78. The maximum Gasteiger partial charge on any atom is 0.256 e. The summed E-state index contributed by atoms with van der Waals surface area (Å²) in [5, 5.41) is 10.4. The molecule has 1 unspecified atom stereocenters. The molecular weight excluding hydrogens is 266 g/mol. The predicted octanol–water partition coefficient (Wildman–Crippen LogP) is 2.13. The monoisotopic (exact) mass is 287 g/mol. The number of nitrogens with zero attached hydrogens (tertiary/aromatic N) is 1. The van der Waals surface area contributed by atoms with E-state index in [0.29, 0.717) is 17.8 Å². The standard InChI is InChI=1S/C16H21N3O2/c17-11-5-6-15-13(8-11)14(9-18-15)16(21)19-7-3-1-2-4-12(19)10-20/h5-6,8-9,12,18,20H,1-4,7,10,17H2. The Morgan fingerprint density at radius 2 is 2.24 bits per heavy atom. The van der Waals surface area contributed by atoms with Gasteiger partial charge in [0.15, 0.2) is 0 Å². The van der Waals surface area contributed by atoms with Crippen LogP contribution in [0.15, 0.2) is 24.4 Å². The molecule has 0 aliphatic carbocycles. The number of rotatable bonds is 2. The molecule has 1 saturated heterocycles. The lowest BCUT2D eigenvalue weighted by Crippen LogP contribution is -2.42. The molecule has 2 heterocycles. The fourth-order valence-corrected chi connectivity index (χ4v) is 3.10. The van der Waals surface area contributed by atoms with Gasteiger partial charge in [0, 0.05) is 29.3 Å². The molecule has 1 amide bonds. The fourth-order valence-electron chi connectivity index (χ4n) is 3.10. The summed E-state index contributed by atoms with van der Waals surface area (Å²) in [7, 11) is 0. The van der Waals surface area contributed by atoms with Crippen LogP contribution >= 0.6 is 0 Å². The number of amides is 1. The van der Waals surface area contributed by atoms with E-state index in [0.717, 1.165) is 36.6 Å². The van der Waals surface area contributed by atoms with Crippen molar-refractivity contribution < 1.29 is 9.90 Å². The highest BCUT2D eigenvalue weighted by atomic mass is 16.3. The van der Waals surface area contributed by atoms with E-state index in [1.165, 1.54) is 0 Å². The van der Waals surface area contributed by atoms with Gasteiger partial charge in [-0.25, -0.2) is 0 Å². The number of carbonyl (C=O) groups is 1. The van der Waals surface area contributed by atoms with Crippen LogP contribution in [0.3, 0.4) is 0 Å². The van der Waals surface area contributed by atoms with Gasteiger partial charge in [-0.1, -0.05) is 12.8 Å². The van der Waals surface area contributed by atoms with Crippen molar-refractivity contribution in [3.05, 3.63) is 30.0 Å². The molecule has 1 aromatic carbocycles. The molecule has 1 aliphatic heterocycles. The van der Waals surface area contributed by atoms with Crippen molar-refractivity contribution in [3.8, 4) is 0 Å². The van der Waals surface area contributed by atoms with E-state index in [2.05, 4.69) is 4.98 Å². The first kappa shape index (κ1) is 13.9. The average molecular weight is 287 g/mol. The van der Waals surface area contributed by atoms with Gasteiger partial charge in [0.1, 0.15) is 0 Å². The Hall–Kier alpha value is -2.01. The van der Waals surface area contributed by atoms with Crippen LogP contribution in [0.5, 0.6) is 0 Å². The summed E-state index contributed by atoms with van der Waals surface area (Å²) in [5.41, 5.74) is 8.02. The van der Waals surface area contributed by atoms with Crippen molar-refractivity contribution in [2.24, 2.45) is 0 Å². The van der Waals surface area contributed by atoms with Gasteiger partial charge in [-0.2, -0.15) is 0 Å². The predicted molar refractivity (Wildman–Crippen MR) is 83.1 cm³/mol. The maximum absolute atomic E-state index is 12.9. The fraction of sp³-hybridized carbons (Fsp3) is 0.438. The van der Waals surface area contributed by atoms with Gasteiger partial charge in [-0.3, -0.25) is 4.79 Å². The van der Waals surface area contributed by atoms with Crippen LogP contribution < -0.4 is 5.73 Å². The smallest absolute Gasteiger partial charge is 0.256 e. The molecule has 21 heavy (non-hydrogen) atoms. The number of aromatic nitrogens is 1. The number of nitrogens with one attached hydrogen (secondary N) is 1. The first-order chi connectivity index (χ1) is 10.2. The summed E-state index contributed by atoms with van der Waals surface area (Å²) in [6.45, 7) is 0.731. The van der Waals surface area contributed by atoms with Crippen LogP contribution in [0.2, 0.25) is 0 Å².